The van der Waals surface area contributed by atoms with Crippen molar-refractivity contribution in [3.05, 3.63) is 41.5 Å². The molecule has 2 aliphatic carbocycles. The Labute approximate surface area is 130 Å². The van der Waals surface area contributed by atoms with E-state index in [-0.39, 0.29) is 40.5 Å². The summed E-state index contributed by atoms with van der Waals surface area (Å²) < 4.78 is 25.1. The molecule has 0 amide bonds. The van der Waals surface area contributed by atoms with Gasteiger partial charge < -0.3 is 0 Å². The Bertz CT molecular complexity index is 759. The number of allylic oxidation sites excluding steroid dienone is 1. The highest BCUT2D eigenvalue weighted by Gasteiger charge is 2.41. The predicted octanol–water partition coefficient (Wildman–Crippen LogP) is 2.34. The Balaban J connectivity index is 2.00. The predicted molar refractivity (Wildman–Crippen MR) is 82.0 cm³/mol. The van der Waals surface area contributed by atoms with Gasteiger partial charge >= 0.3 is 0 Å². The lowest BCUT2D eigenvalue weighted by molar-refractivity contribution is -0.123. The van der Waals surface area contributed by atoms with Crippen molar-refractivity contribution in [3.8, 4) is 0 Å². The molecule has 1 aromatic carbocycles. The average Bonchev–Trinajstić information content (AvgIpc) is 2.79. The van der Waals surface area contributed by atoms with Gasteiger partial charge in [0.05, 0.1) is 10.6 Å². The molecule has 5 heteroatoms. The molecular formula is C17H18O4S. The fourth-order valence-corrected chi connectivity index (χ4v) is 4.88. The van der Waals surface area contributed by atoms with Gasteiger partial charge in [-0.15, -0.1) is 0 Å². The van der Waals surface area contributed by atoms with E-state index in [0.717, 1.165) is 5.57 Å². The second-order valence-electron chi connectivity index (χ2n) is 6.10. The van der Waals surface area contributed by atoms with E-state index in [1.807, 2.05) is 6.92 Å². The van der Waals surface area contributed by atoms with E-state index in [9.17, 15) is 18.0 Å². The third kappa shape index (κ3) is 2.54. The van der Waals surface area contributed by atoms with Crippen LogP contribution in [0.5, 0.6) is 0 Å². The zero-order valence-corrected chi connectivity index (χ0v) is 13.2. The molecule has 2 atom stereocenters. The van der Waals surface area contributed by atoms with Gasteiger partial charge in [0.1, 0.15) is 5.78 Å². The molecule has 0 spiro atoms. The summed E-state index contributed by atoms with van der Waals surface area (Å²) in [4.78, 5) is 24.6. The molecule has 0 saturated heterocycles. The molecule has 116 valence electrons. The minimum absolute atomic E-state index is 0.111. The lowest BCUT2D eigenvalue weighted by atomic mass is 9.84. The quantitative estimate of drug-likeness (QED) is 0.858. The summed E-state index contributed by atoms with van der Waals surface area (Å²) in [6.45, 7) is 1.85. The second kappa shape index (κ2) is 5.47. The molecule has 2 unspecified atom stereocenters. The van der Waals surface area contributed by atoms with E-state index in [1.165, 1.54) is 12.1 Å². The van der Waals surface area contributed by atoms with Crippen molar-refractivity contribution >= 4 is 21.4 Å². The number of hydrogen-bond donors (Lipinski definition) is 0. The first-order valence-electron chi connectivity index (χ1n) is 7.47. The molecule has 3 rings (SSSR count). The monoisotopic (exact) mass is 318 g/mol. The summed E-state index contributed by atoms with van der Waals surface area (Å²) in [6.07, 6.45) is 1.33. The highest BCUT2D eigenvalue weighted by molar-refractivity contribution is 7.91. The van der Waals surface area contributed by atoms with Crippen LogP contribution in [0, 0.1) is 11.8 Å². The first-order valence-corrected chi connectivity index (χ1v) is 9.12. The lowest BCUT2D eigenvalue weighted by Gasteiger charge is -2.21. The Morgan fingerprint density at radius 2 is 1.82 bits per heavy atom. The van der Waals surface area contributed by atoms with Crippen molar-refractivity contribution in [2.75, 3.05) is 5.75 Å². The zero-order valence-electron chi connectivity index (χ0n) is 12.4. The molecule has 0 aromatic heterocycles. The Kier molecular flexibility index (Phi) is 3.77. The van der Waals surface area contributed by atoms with Crippen LogP contribution >= 0.6 is 0 Å². The Morgan fingerprint density at radius 1 is 1.14 bits per heavy atom. The molecule has 0 bridgehead atoms. The zero-order chi connectivity index (χ0) is 15.9. The van der Waals surface area contributed by atoms with Gasteiger partial charge in [0, 0.05) is 23.8 Å². The van der Waals surface area contributed by atoms with Crippen LogP contribution < -0.4 is 0 Å². The highest BCUT2D eigenvalue weighted by atomic mass is 32.2. The third-order valence-corrected chi connectivity index (χ3v) is 6.26. The number of carbonyl (C=O) groups is 2. The van der Waals surface area contributed by atoms with Crippen molar-refractivity contribution in [3.63, 3.8) is 0 Å². The van der Waals surface area contributed by atoms with Crippen LogP contribution in [0.25, 0.3) is 0 Å². The maximum atomic E-state index is 12.5. The Hall–Kier alpha value is -1.75. The Morgan fingerprint density at radius 3 is 2.50 bits per heavy atom. The van der Waals surface area contributed by atoms with E-state index in [4.69, 9.17) is 0 Å². The average molecular weight is 318 g/mol. The van der Waals surface area contributed by atoms with Gasteiger partial charge in [-0.2, -0.15) is 0 Å². The molecule has 0 radical (unpaired) electrons. The van der Waals surface area contributed by atoms with Crippen molar-refractivity contribution in [1.29, 1.82) is 0 Å². The standard InChI is InChI=1S/C17H18O4S/c1-11-9-14-13(17(11)19)7-8-16(18)15(14)10-22(20,21)12-5-3-2-4-6-12/h2-6,11,13H,7-10H2,1H3. The normalized spacial score (nSPS) is 25.5. The van der Waals surface area contributed by atoms with Crippen LogP contribution in [0.2, 0.25) is 0 Å². The molecule has 1 aromatic rings. The van der Waals surface area contributed by atoms with Crippen molar-refractivity contribution in [2.45, 2.75) is 31.1 Å². The largest absolute Gasteiger partial charge is 0.299 e. The summed E-state index contributed by atoms with van der Waals surface area (Å²) >= 11 is 0. The van der Waals surface area contributed by atoms with E-state index in [2.05, 4.69) is 0 Å². The molecular weight excluding hydrogens is 300 g/mol. The van der Waals surface area contributed by atoms with Gasteiger partial charge in [0.15, 0.2) is 15.6 Å². The molecule has 22 heavy (non-hydrogen) atoms. The van der Waals surface area contributed by atoms with Crippen LogP contribution in [0.15, 0.2) is 46.4 Å². The summed E-state index contributed by atoms with van der Waals surface area (Å²) in [7, 11) is -3.56. The molecule has 2 aliphatic rings. The fraction of sp³-hybridized carbons (Fsp3) is 0.412. The van der Waals surface area contributed by atoms with Crippen LogP contribution in [0.1, 0.15) is 26.2 Å². The van der Waals surface area contributed by atoms with E-state index >= 15 is 0 Å². The fourth-order valence-electron chi connectivity index (χ4n) is 3.42. The number of ketones is 2. The van der Waals surface area contributed by atoms with Gasteiger partial charge in [-0.1, -0.05) is 30.7 Å². The topological polar surface area (TPSA) is 68.3 Å². The van der Waals surface area contributed by atoms with Gasteiger partial charge in [-0.3, -0.25) is 9.59 Å². The van der Waals surface area contributed by atoms with E-state index in [0.29, 0.717) is 18.4 Å². The first kappa shape index (κ1) is 15.2. The van der Waals surface area contributed by atoms with Crippen molar-refractivity contribution < 1.29 is 18.0 Å². The van der Waals surface area contributed by atoms with Crippen molar-refractivity contribution in [1.82, 2.24) is 0 Å². The van der Waals surface area contributed by atoms with E-state index in [1.54, 1.807) is 18.2 Å². The number of rotatable bonds is 3. The lowest BCUT2D eigenvalue weighted by Crippen LogP contribution is -2.25. The smallest absolute Gasteiger partial charge is 0.182 e. The summed E-state index contributed by atoms with van der Waals surface area (Å²) in [5.41, 5.74) is 1.13. The molecule has 0 N–H and O–H groups in total. The first-order chi connectivity index (χ1) is 10.4. The minimum atomic E-state index is -3.56. The number of fused-ring (bicyclic) bond motifs is 1. The number of benzene rings is 1. The minimum Gasteiger partial charge on any atom is -0.299 e. The molecule has 1 fully saturated rings. The molecule has 0 aliphatic heterocycles. The third-order valence-electron chi connectivity index (χ3n) is 4.60. The van der Waals surface area contributed by atoms with Crippen LogP contribution in [-0.4, -0.2) is 25.7 Å². The second-order valence-corrected chi connectivity index (χ2v) is 8.09. The van der Waals surface area contributed by atoms with Gasteiger partial charge in [-0.05, 0) is 25.0 Å². The summed E-state index contributed by atoms with van der Waals surface area (Å²) in [5.74, 6) is -0.611. The van der Waals surface area contributed by atoms with Crippen LogP contribution in [0.4, 0.5) is 0 Å². The van der Waals surface area contributed by atoms with Crippen molar-refractivity contribution in [2.24, 2.45) is 11.8 Å². The molecule has 1 saturated carbocycles. The molecule has 4 nitrogen and oxygen atoms in total. The number of carbonyl (C=O) groups excluding carboxylic acids is 2. The van der Waals surface area contributed by atoms with Gasteiger partial charge in [0.2, 0.25) is 0 Å². The maximum Gasteiger partial charge on any atom is 0.182 e. The summed E-state index contributed by atoms with van der Waals surface area (Å²) in [6, 6.07) is 8.15. The number of Topliss-reactive ketones (excluding diaryl/α,β-unsaturated/α-hetero) is 2. The highest BCUT2D eigenvalue weighted by Crippen LogP contribution is 2.41. The van der Waals surface area contributed by atoms with Crippen LogP contribution in [0.3, 0.4) is 0 Å². The number of hydrogen-bond acceptors (Lipinski definition) is 4. The molecule has 0 heterocycles. The van der Waals surface area contributed by atoms with Gasteiger partial charge in [-0.25, -0.2) is 8.42 Å². The summed E-state index contributed by atoms with van der Waals surface area (Å²) in [5, 5.41) is 0. The van der Waals surface area contributed by atoms with Gasteiger partial charge in [0.25, 0.3) is 0 Å². The van der Waals surface area contributed by atoms with Crippen LogP contribution in [-0.2, 0) is 19.4 Å². The SMILES string of the molecule is CC1CC2=C(CS(=O)(=O)c3ccccc3)C(=O)CCC2C1=O. The maximum absolute atomic E-state index is 12.5. The number of sulfone groups is 1. The van der Waals surface area contributed by atoms with E-state index < -0.39 is 9.84 Å².